The standard InChI is InChI=1S/C15H18N2O3/c1-9(2)14-16-13-11(15(18)19)4-3-5-12(13)17(14)10-6-7-20-8-10/h3-5,9-10H,6-8H2,1-2H3,(H,18,19). The lowest BCUT2D eigenvalue weighted by Crippen LogP contribution is -2.13. The van der Waals surface area contributed by atoms with Gasteiger partial charge in [-0.25, -0.2) is 9.78 Å². The molecule has 1 saturated heterocycles. The normalized spacial score (nSPS) is 19.1. The second-order valence-electron chi connectivity index (χ2n) is 5.49. The molecule has 1 N–H and O–H groups in total. The van der Waals surface area contributed by atoms with Crippen molar-refractivity contribution in [2.45, 2.75) is 32.2 Å². The second-order valence-corrected chi connectivity index (χ2v) is 5.49. The van der Waals surface area contributed by atoms with Crippen LogP contribution in [-0.4, -0.2) is 33.8 Å². The number of nitrogens with zero attached hydrogens (tertiary/aromatic N) is 2. The fraction of sp³-hybridized carbons (Fsp3) is 0.467. The molecule has 0 amide bonds. The van der Waals surface area contributed by atoms with E-state index in [1.54, 1.807) is 12.1 Å². The van der Waals surface area contributed by atoms with Gasteiger partial charge in [-0.05, 0) is 18.6 Å². The number of benzene rings is 1. The topological polar surface area (TPSA) is 64.3 Å². The van der Waals surface area contributed by atoms with E-state index in [9.17, 15) is 9.90 Å². The Balaban J connectivity index is 2.27. The fourth-order valence-corrected chi connectivity index (χ4v) is 2.82. The lowest BCUT2D eigenvalue weighted by Gasteiger charge is -2.16. The highest BCUT2D eigenvalue weighted by Crippen LogP contribution is 2.31. The highest BCUT2D eigenvalue weighted by molar-refractivity contribution is 6.01. The molecular formula is C15H18N2O3. The lowest BCUT2D eigenvalue weighted by molar-refractivity contribution is 0.0699. The maximum Gasteiger partial charge on any atom is 0.337 e. The van der Waals surface area contributed by atoms with Gasteiger partial charge in [0.1, 0.15) is 11.3 Å². The molecule has 0 saturated carbocycles. The van der Waals surface area contributed by atoms with Crippen LogP contribution < -0.4 is 0 Å². The van der Waals surface area contributed by atoms with Gasteiger partial charge < -0.3 is 14.4 Å². The van der Waals surface area contributed by atoms with Crippen LogP contribution in [0, 0.1) is 0 Å². The first-order chi connectivity index (χ1) is 9.59. The summed E-state index contributed by atoms with van der Waals surface area (Å²) in [5.74, 6) is 0.243. The first-order valence-corrected chi connectivity index (χ1v) is 6.91. The summed E-state index contributed by atoms with van der Waals surface area (Å²) in [6, 6.07) is 5.58. The number of aromatic nitrogens is 2. The summed E-state index contributed by atoms with van der Waals surface area (Å²) >= 11 is 0. The SMILES string of the molecule is CC(C)c1nc2c(C(=O)O)cccc2n1C1CCOC1. The predicted octanol–water partition coefficient (Wildman–Crippen LogP) is 2.82. The third-order valence-electron chi connectivity index (χ3n) is 3.77. The van der Waals surface area contributed by atoms with Crippen LogP contribution in [0.5, 0.6) is 0 Å². The number of rotatable bonds is 3. The zero-order chi connectivity index (χ0) is 14.3. The highest BCUT2D eigenvalue weighted by Gasteiger charge is 2.26. The average Bonchev–Trinajstić information content (AvgIpc) is 3.03. The molecule has 5 heteroatoms. The van der Waals surface area contributed by atoms with Crippen LogP contribution >= 0.6 is 0 Å². The van der Waals surface area contributed by atoms with E-state index >= 15 is 0 Å². The van der Waals surface area contributed by atoms with Crippen LogP contribution in [0.4, 0.5) is 0 Å². The largest absolute Gasteiger partial charge is 0.478 e. The van der Waals surface area contributed by atoms with Crippen LogP contribution in [0.15, 0.2) is 18.2 Å². The molecule has 1 aromatic carbocycles. The molecule has 0 spiro atoms. The number of ether oxygens (including phenoxy) is 1. The molecule has 2 heterocycles. The van der Waals surface area contributed by atoms with Gasteiger partial charge >= 0.3 is 5.97 Å². The minimum absolute atomic E-state index is 0.240. The molecule has 1 fully saturated rings. The van der Waals surface area contributed by atoms with E-state index in [0.717, 1.165) is 24.4 Å². The van der Waals surface area contributed by atoms with Crippen LogP contribution in [0.2, 0.25) is 0 Å². The Morgan fingerprint density at radius 3 is 2.90 bits per heavy atom. The lowest BCUT2D eigenvalue weighted by atomic mass is 10.1. The van der Waals surface area contributed by atoms with Gasteiger partial charge in [0.2, 0.25) is 0 Å². The molecule has 1 atom stereocenters. The van der Waals surface area contributed by atoms with E-state index in [0.29, 0.717) is 12.1 Å². The third-order valence-corrected chi connectivity index (χ3v) is 3.77. The van der Waals surface area contributed by atoms with Crippen LogP contribution in [0.1, 0.15) is 48.4 Å². The van der Waals surface area contributed by atoms with Gasteiger partial charge in [0, 0.05) is 12.5 Å². The zero-order valence-electron chi connectivity index (χ0n) is 11.7. The van der Waals surface area contributed by atoms with E-state index in [1.807, 2.05) is 6.07 Å². The monoisotopic (exact) mass is 274 g/mol. The van der Waals surface area contributed by atoms with Gasteiger partial charge in [-0.3, -0.25) is 0 Å². The van der Waals surface area contributed by atoms with Gasteiger partial charge in [-0.2, -0.15) is 0 Å². The number of carbonyl (C=O) groups is 1. The zero-order valence-corrected chi connectivity index (χ0v) is 11.7. The Bertz CT molecular complexity index is 654. The van der Waals surface area contributed by atoms with E-state index in [-0.39, 0.29) is 17.5 Å². The number of carboxylic acid groups (broad SMARTS) is 1. The van der Waals surface area contributed by atoms with Gasteiger partial charge in [-0.15, -0.1) is 0 Å². The summed E-state index contributed by atoms with van der Waals surface area (Å²) in [5, 5.41) is 9.31. The van der Waals surface area contributed by atoms with Gasteiger partial charge in [0.05, 0.1) is 23.7 Å². The molecule has 1 aliphatic rings. The van der Waals surface area contributed by atoms with E-state index < -0.39 is 5.97 Å². The molecule has 1 unspecified atom stereocenters. The maximum absolute atomic E-state index is 11.4. The van der Waals surface area contributed by atoms with Gasteiger partial charge in [-0.1, -0.05) is 19.9 Å². The molecule has 20 heavy (non-hydrogen) atoms. The van der Waals surface area contributed by atoms with Crippen LogP contribution in [0.25, 0.3) is 11.0 Å². The molecule has 5 nitrogen and oxygen atoms in total. The van der Waals surface area contributed by atoms with Crippen molar-refractivity contribution in [1.82, 2.24) is 9.55 Å². The van der Waals surface area contributed by atoms with Crippen molar-refractivity contribution >= 4 is 17.0 Å². The molecule has 0 aliphatic carbocycles. The van der Waals surface area contributed by atoms with Crippen molar-refractivity contribution in [1.29, 1.82) is 0 Å². The van der Waals surface area contributed by atoms with Crippen molar-refractivity contribution < 1.29 is 14.6 Å². The number of fused-ring (bicyclic) bond motifs is 1. The van der Waals surface area contributed by atoms with Gasteiger partial charge in [0.25, 0.3) is 0 Å². The Hall–Kier alpha value is -1.88. The van der Waals surface area contributed by atoms with E-state index in [4.69, 9.17) is 4.74 Å². The molecule has 106 valence electrons. The average molecular weight is 274 g/mol. The molecule has 1 aromatic heterocycles. The smallest absolute Gasteiger partial charge is 0.337 e. The highest BCUT2D eigenvalue weighted by atomic mass is 16.5. The van der Waals surface area contributed by atoms with Crippen molar-refractivity contribution in [2.75, 3.05) is 13.2 Å². The van der Waals surface area contributed by atoms with Crippen molar-refractivity contribution in [3.63, 3.8) is 0 Å². The Labute approximate surface area is 117 Å². The van der Waals surface area contributed by atoms with Crippen molar-refractivity contribution in [2.24, 2.45) is 0 Å². The van der Waals surface area contributed by atoms with Crippen molar-refractivity contribution in [3.05, 3.63) is 29.6 Å². The van der Waals surface area contributed by atoms with E-state index in [1.165, 1.54) is 0 Å². The summed E-state index contributed by atoms with van der Waals surface area (Å²) in [4.78, 5) is 16.0. The predicted molar refractivity (Wildman–Crippen MR) is 75.3 cm³/mol. The maximum atomic E-state index is 11.4. The number of aromatic carboxylic acids is 1. The molecule has 0 radical (unpaired) electrons. The Morgan fingerprint density at radius 2 is 2.30 bits per heavy atom. The molecule has 1 aliphatic heterocycles. The molecule has 0 bridgehead atoms. The number of imidazole rings is 1. The molecular weight excluding hydrogens is 256 g/mol. The summed E-state index contributed by atoms with van der Waals surface area (Å²) in [6.07, 6.45) is 0.947. The number of para-hydroxylation sites is 1. The van der Waals surface area contributed by atoms with E-state index in [2.05, 4.69) is 23.4 Å². The fourth-order valence-electron chi connectivity index (χ4n) is 2.82. The summed E-state index contributed by atoms with van der Waals surface area (Å²) in [5.41, 5.74) is 1.74. The summed E-state index contributed by atoms with van der Waals surface area (Å²) in [7, 11) is 0. The Morgan fingerprint density at radius 1 is 1.50 bits per heavy atom. The quantitative estimate of drug-likeness (QED) is 0.934. The van der Waals surface area contributed by atoms with Crippen LogP contribution in [-0.2, 0) is 4.74 Å². The first kappa shape index (κ1) is 13.1. The second kappa shape index (κ2) is 4.90. The summed E-state index contributed by atoms with van der Waals surface area (Å²) < 4.78 is 7.64. The number of hydrogen-bond acceptors (Lipinski definition) is 3. The Kier molecular flexibility index (Phi) is 3.22. The first-order valence-electron chi connectivity index (χ1n) is 6.91. The molecule has 2 aromatic rings. The number of hydrogen-bond donors (Lipinski definition) is 1. The van der Waals surface area contributed by atoms with Crippen LogP contribution in [0.3, 0.4) is 0 Å². The van der Waals surface area contributed by atoms with Crippen molar-refractivity contribution in [3.8, 4) is 0 Å². The minimum Gasteiger partial charge on any atom is -0.478 e. The molecule has 3 rings (SSSR count). The number of carboxylic acids is 1. The third kappa shape index (κ3) is 1.98. The minimum atomic E-state index is -0.932. The summed E-state index contributed by atoms with van der Waals surface area (Å²) in [6.45, 7) is 5.57. The van der Waals surface area contributed by atoms with Gasteiger partial charge in [0.15, 0.2) is 0 Å².